The number of likely N-dealkylation sites (N-methyl/N-ethyl adjacent to an activating group) is 1. The van der Waals surface area contributed by atoms with Crippen molar-refractivity contribution in [1.29, 1.82) is 0 Å². The SMILES string of the molecule is Cc1ccc(C)c(NC(=O)CN(C)CC2CCC2)c1. The summed E-state index contributed by atoms with van der Waals surface area (Å²) in [7, 11) is 2.03. The minimum absolute atomic E-state index is 0.0792. The molecule has 0 heterocycles. The minimum atomic E-state index is 0.0792. The third kappa shape index (κ3) is 4.06. The Morgan fingerprint density at radius 3 is 2.74 bits per heavy atom. The van der Waals surface area contributed by atoms with Crippen LogP contribution in [0.3, 0.4) is 0 Å². The van der Waals surface area contributed by atoms with Gasteiger partial charge in [0.25, 0.3) is 0 Å². The predicted molar refractivity (Wildman–Crippen MR) is 79.4 cm³/mol. The molecule has 1 aliphatic carbocycles. The molecule has 1 saturated carbocycles. The lowest BCUT2D eigenvalue weighted by Crippen LogP contribution is -2.35. The molecule has 0 atom stereocenters. The summed E-state index contributed by atoms with van der Waals surface area (Å²) in [6, 6.07) is 6.13. The molecule has 2 rings (SSSR count). The van der Waals surface area contributed by atoms with Gasteiger partial charge in [0.15, 0.2) is 0 Å². The number of amides is 1. The van der Waals surface area contributed by atoms with Gasteiger partial charge in [0, 0.05) is 12.2 Å². The molecule has 0 saturated heterocycles. The molecular formula is C16H24N2O. The Morgan fingerprint density at radius 1 is 1.37 bits per heavy atom. The van der Waals surface area contributed by atoms with E-state index in [1.54, 1.807) is 0 Å². The molecule has 3 nitrogen and oxygen atoms in total. The number of carbonyl (C=O) groups excluding carboxylic acids is 1. The molecule has 1 N–H and O–H groups in total. The number of hydrogen-bond acceptors (Lipinski definition) is 2. The predicted octanol–water partition coefficient (Wildman–Crippen LogP) is 2.97. The van der Waals surface area contributed by atoms with Gasteiger partial charge in [-0.15, -0.1) is 0 Å². The molecule has 19 heavy (non-hydrogen) atoms. The van der Waals surface area contributed by atoms with E-state index in [-0.39, 0.29) is 5.91 Å². The standard InChI is InChI=1S/C16H24N2O/c1-12-7-8-13(2)15(9-12)17-16(19)11-18(3)10-14-5-4-6-14/h7-9,14H,4-6,10-11H2,1-3H3,(H,17,19). The topological polar surface area (TPSA) is 32.3 Å². The third-order valence-corrected chi connectivity index (χ3v) is 3.88. The summed E-state index contributed by atoms with van der Waals surface area (Å²) in [4.78, 5) is 14.2. The highest BCUT2D eigenvalue weighted by atomic mass is 16.2. The monoisotopic (exact) mass is 260 g/mol. The first kappa shape index (κ1) is 14.1. The van der Waals surface area contributed by atoms with Crippen molar-refractivity contribution in [3.05, 3.63) is 29.3 Å². The summed E-state index contributed by atoms with van der Waals surface area (Å²) in [6.45, 7) is 5.58. The number of anilines is 1. The lowest BCUT2D eigenvalue weighted by Gasteiger charge is -2.29. The van der Waals surface area contributed by atoms with Crippen LogP contribution in [-0.4, -0.2) is 30.9 Å². The van der Waals surface area contributed by atoms with Crippen molar-refractivity contribution in [3.8, 4) is 0 Å². The first-order valence-electron chi connectivity index (χ1n) is 7.10. The van der Waals surface area contributed by atoms with Crippen LogP contribution in [0, 0.1) is 19.8 Å². The zero-order chi connectivity index (χ0) is 13.8. The van der Waals surface area contributed by atoms with Gasteiger partial charge in [-0.1, -0.05) is 18.6 Å². The zero-order valence-electron chi connectivity index (χ0n) is 12.2. The Kier molecular flexibility index (Phi) is 4.59. The van der Waals surface area contributed by atoms with Crippen LogP contribution < -0.4 is 5.32 Å². The molecule has 0 unspecified atom stereocenters. The van der Waals surface area contributed by atoms with Crippen LogP contribution in [0.25, 0.3) is 0 Å². The van der Waals surface area contributed by atoms with Gasteiger partial charge in [0.2, 0.25) is 5.91 Å². The Bertz CT molecular complexity index is 452. The number of rotatable bonds is 5. The first-order valence-corrected chi connectivity index (χ1v) is 7.10. The van der Waals surface area contributed by atoms with E-state index in [1.165, 1.54) is 24.8 Å². The number of benzene rings is 1. The van der Waals surface area contributed by atoms with E-state index in [1.807, 2.05) is 33.0 Å². The molecule has 1 fully saturated rings. The summed E-state index contributed by atoms with van der Waals surface area (Å²) in [5.41, 5.74) is 3.21. The largest absolute Gasteiger partial charge is 0.325 e. The third-order valence-electron chi connectivity index (χ3n) is 3.88. The molecule has 0 aliphatic heterocycles. The maximum atomic E-state index is 12.0. The van der Waals surface area contributed by atoms with Gasteiger partial charge in [-0.3, -0.25) is 9.69 Å². The van der Waals surface area contributed by atoms with Crippen molar-refractivity contribution < 1.29 is 4.79 Å². The van der Waals surface area contributed by atoms with Crippen molar-refractivity contribution in [2.75, 3.05) is 25.5 Å². The molecule has 0 radical (unpaired) electrons. The Balaban J connectivity index is 1.84. The summed E-state index contributed by atoms with van der Waals surface area (Å²) in [6.07, 6.45) is 4.00. The smallest absolute Gasteiger partial charge is 0.238 e. The molecule has 1 amide bonds. The summed E-state index contributed by atoms with van der Waals surface area (Å²) < 4.78 is 0. The Hall–Kier alpha value is -1.35. The average Bonchev–Trinajstić information content (AvgIpc) is 2.28. The van der Waals surface area contributed by atoms with Crippen molar-refractivity contribution >= 4 is 11.6 Å². The highest BCUT2D eigenvalue weighted by Crippen LogP contribution is 2.26. The summed E-state index contributed by atoms with van der Waals surface area (Å²) in [5.74, 6) is 0.883. The molecule has 1 aromatic rings. The molecule has 0 spiro atoms. The second kappa shape index (κ2) is 6.20. The lowest BCUT2D eigenvalue weighted by molar-refractivity contribution is -0.117. The van der Waals surface area contributed by atoms with Gasteiger partial charge in [0.1, 0.15) is 0 Å². The summed E-state index contributed by atoms with van der Waals surface area (Å²) in [5, 5.41) is 3.01. The molecule has 3 heteroatoms. The van der Waals surface area contributed by atoms with Crippen molar-refractivity contribution in [1.82, 2.24) is 4.90 Å². The normalized spacial score (nSPS) is 15.4. The fourth-order valence-electron chi connectivity index (χ4n) is 2.49. The fourth-order valence-corrected chi connectivity index (χ4v) is 2.49. The first-order chi connectivity index (χ1) is 9.04. The van der Waals surface area contributed by atoms with Crippen molar-refractivity contribution in [2.24, 2.45) is 5.92 Å². The van der Waals surface area contributed by atoms with Crippen molar-refractivity contribution in [3.63, 3.8) is 0 Å². The molecule has 0 bridgehead atoms. The fraction of sp³-hybridized carbons (Fsp3) is 0.562. The highest BCUT2D eigenvalue weighted by molar-refractivity contribution is 5.93. The molecule has 104 valence electrons. The van der Waals surface area contributed by atoms with E-state index in [2.05, 4.69) is 16.3 Å². The minimum Gasteiger partial charge on any atom is -0.325 e. The second-order valence-corrected chi connectivity index (χ2v) is 5.86. The number of aryl methyl sites for hydroxylation is 2. The van der Waals surface area contributed by atoms with E-state index >= 15 is 0 Å². The molecular weight excluding hydrogens is 236 g/mol. The van der Waals surface area contributed by atoms with Crippen LogP contribution in [0.5, 0.6) is 0 Å². The van der Waals surface area contributed by atoms with Crippen LogP contribution in [0.1, 0.15) is 30.4 Å². The van der Waals surface area contributed by atoms with Gasteiger partial charge >= 0.3 is 0 Å². The van der Waals surface area contributed by atoms with Crippen LogP contribution in [0.2, 0.25) is 0 Å². The number of hydrogen-bond donors (Lipinski definition) is 1. The van der Waals surface area contributed by atoms with E-state index < -0.39 is 0 Å². The van der Waals surface area contributed by atoms with Crippen LogP contribution >= 0.6 is 0 Å². The molecule has 0 aromatic heterocycles. The van der Waals surface area contributed by atoms with Gasteiger partial charge in [0.05, 0.1) is 6.54 Å². The van der Waals surface area contributed by atoms with Crippen LogP contribution in [-0.2, 0) is 4.79 Å². The number of nitrogens with zero attached hydrogens (tertiary/aromatic N) is 1. The van der Waals surface area contributed by atoms with Crippen LogP contribution in [0.4, 0.5) is 5.69 Å². The Labute approximate surface area is 116 Å². The second-order valence-electron chi connectivity index (χ2n) is 5.86. The van der Waals surface area contributed by atoms with Gasteiger partial charge in [-0.2, -0.15) is 0 Å². The van der Waals surface area contributed by atoms with E-state index in [9.17, 15) is 4.79 Å². The zero-order valence-corrected chi connectivity index (χ0v) is 12.2. The summed E-state index contributed by atoms with van der Waals surface area (Å²) >= 11 is 0. The quantitative estimate of drug-likeness (QED) is 0.882. The highest BCUT2D eigenvalue weighted by Gasteiger charge is 2.20. The van der Waals surface area contributed by atoms with Gasteiger partial charge in [-0.05, 0) is 56.8 Å². The van der Waals surface area contributed by atoms with Gasteiger partial charge in [-0.25, -0.2) is 0 Å². The maximum absolute atomic E-state index is 12.0. The van der Waals surface area contributed by atoms with E-state index in [0.29, 0.717) is 6.54 Å². The van der Waals surface area contributed by atoms with E-state index in [4.69, 9.17) is 0 Å². The van der Waals surface area contributed by atoms with Gasteiger partial charge < -0.3 is 5.32 Å². The number of carbonyl (C=O) groups is 1. The number of nitrogens with one attached hydrogen (secondary N) is 1. The van der Waals surface area contributed by atoms with Crippen LogP contribution in [0.15, 0.2) is 18.2 Å². The lowest BCUT2D eigenvalue weighted by atomic mass is 9.85. The Morgan fingerprint density at radius 2 is 2.11 bits per heavy atom. The van der Waals surface area contributed by atoms with Crippen molar-refractivity contribution in [2.45, 2.75) is 33.1 Å². The average molecular weight is 260 g/mol. The maximum Gasteiger partial charge on any atom is 0.238 e. The molecule has 1 aliphatic rings. The van der Waals surface area contributed by atoms with E-state index in [0.717, 1.165) is 23.7 Å². The molecule has 1 aromatic carbocycles.